The summed E-state index contributed by atoms with van der Waals surface area (Å²) in [6.07, 6.45) is 1.49. The van der Waals surface area contributed by atoms with Gasteiger partial charge in [0.05, 0.1) is 26.5 Å². The number of rotatable bonds is 7. The van der Waals surface area contributed by atoms with E-state index in [1.807, 2.05) is 0 Å². The van der Waals surface area contributed by atoms with E-state index in [1.54, 1.807) is 26.8 Å². The SMILES string of the molecule is C/C=C(\CP(=O)(OCC)OCC)C(=O)OC. The second-order valence-electron chi connectivity index (χ2n) is 2.91. The summed E-state index contributed by atoms with van der Waals surface area (Å²) in [5, 5.41) is 0. The van der Waals surface area contributed by atoms with E-state index in [0.29, 0.717) is 5.57 Å². The molecule has 0 aliphatic heterocycles. The Balaban J connectivity index is 4.73. The predicted molar refractivity (Wildman–Crippen MR) is 61.5 cm³/mol. The van der Waals surface area contributed by atoms with Crippen LogP contribution in [0.5, 0.6) is 0 Å². The van der Waals surface area contributed by atoms with E-state index in [0.717, 1.165) is 0 Å². The molecule has 0 N–H and O–H groups in total. The molecule has 0 bridgehead atoms. The molecule has 0 saturated carbocycles. The predicted octanol–water partition coefficient (Wildman–Crippen LogP) is 2.37. The van der Waals surface area contributed by atoms with Gasteiger partial charge in [-0.05, 0) is 20.8 Å². The van der Waals surface area contributed by atoms with Crippen LogP contribution in [0.4, 0.5) is 0 Å². The number of ether oxygens (including phenoxy) is 1. The Hall–Kier alpha value is -0.640. The zero-order valence-electron chi connectivity index (χ0n) is 10.2. The topological polar surface area (TPSA) is 61.8 Å². The number of carbonyl (C=O) groups is 1. The lowest BCUT2D eigenvalue weighted by molar-refractivity contribution is -0.136. The van der Waals surface area contributed by atoms with Crippen LogP contribution in [0.25, 0.3) is 0 Å². The molecular weight excluding hydrogens is 231 g/mol. The van der Waals surface area contributed by atoms with Crippen LogP contribution >= 0.6 is 7.60 Å². The summed E-state index contributed by atoms with van der Waals surface area (Å²) in [5.41, 5.74) is 0.299. The summed E-state index contributed by atoms with van der Waals surface area (Å²) in [6, 6.07) is 0. The summed E-state index contributed by atoms with van der Waals surface area (Å²) < 4.78 is 26.8. The normalized spacial score (nSPS) is 12.6. The Labute approximate surface area is 96.3 Å². The lowest BCUT2D eigenvalue weighted by Gasteiger charge is -2.17. The van der Waals surface area contributed by atoms with Crippen LogP contribution in [0.15, 0.2) is 11.6 Å². The van der Waals surface area contributed by atoms with Crippen molar-refractivity contribution in [3.05, 3.63) is 11.6 Å². The van der Waals surface area contributed by atoms with Crippen molar-refractivity contribution in [1.82, 2.24) is 0 Å². The molecule has 0 rings (SSSR count). The number of methoxy groups -OCH3 is 1. The maximum absolute atomic E-state index is 12.1. The van der Waals surface area contributed by atoms with Gasteiger partial charge in [-0.2, -0.15) is 0 Å². The molecule has 16 heavy (non-hydrogen) atoms. The summed E-state index contributed by atoms with van der Waals surface area (Å²) in [4.78, 5) is 11.3. The number of carbonyl (C=O) groups excluding carboxylic acids is 1. The molecule has 0 amide bonds. The highest BCUT2D eigenvalue weighted by Gasteiger charge is 2.28. The lowest BCUT2D eigenvalue weighted by atomic mass is 10.3. The highest BCUT2D eigenvalue weighted by molar-refractivity contribution is 7.54. The summed E-state index contributed by atoms with van der Waals surface area (Å²) in [5.74, 6) is -0.512. The van der Waals surface area contributed by atoms with Crippen molar-refractivity contribution in [3.63, 3.8) is 0 Å². The molecule has 0 unspecified atom stereocenters. The van der Waals surface area contributed by atoms with E-state index >= 15 is 0 Å². The minimum atomic E-state index is -3.23. The van der Waals surface area contributed by atoms with Gasteiger partial charge in [0.2, 0.25) is 0 Å². The van der Waals surface area contributed by atoms with Crippen LogP contribution in [0.1, 0.15) is 20.8 Å². The van der Waals surface area contributed by atoms with Crippen molar-refractivity contribution in [1.29, 1.82) is 0 Å². The Bertz CT molecular complexity index is 288. The Kier molecular flexibility index (Phi) is 7.30. The summed E-state index contributed by atoms with van der Waals surface area (Å²) in [6.45, 7) is 5.66. The maximum Gasteiger partial charge on any atom is 0.335 e. The molecule has 0 fully saturated rings. The first-order chi connectivity index (χ1) is 7.52. The standard InChI is InChI=1S/C10H19O5P/c1-5-9(10(11)13-4)8-16(12,14-6-2)15-7-3/h5H,6-8H2,1-4H3/b9-5+. The fraction of sp³-hybridized carbons (Fsp3) is 0.700. The fourth-order valence-electron chi connectivity index (χ4n) is 1.14. The molecule has 0 saturated heterocycles. The fourth-order valence-corrected chi connectivity index (χ4v) is 2.91. The summed E-state index contributed by atoms with van der Waals surface area (Å²) in [7, 11) is -1.95. The zero-order chi connectivity index (χ0) is 12.6. The van der Waals surface area contributed by atoms with Crippen molar-refractivity contribution < 1.29 is 23.1 Å². The van der Waals surface area contributed by atoms with Crippen LogP contribution in [0.3, 0.4) is 0 Å². The van der Waals surface area contributed by atoms with E-state index in [4.69, 9.17) is 9.05 Å². The van der Waals surface area contributed by atoms with Gasteiger partial charge >= 0.3 is 13.6 Å². The van der Waals surface area contributed by atoms with Gasteiger partial charge in [-0.3, -0.25) is 4.57 Å². The maximum atomic E-state index is 12.1. The van der Waals surface area contributed by atoms with Crippen LogP contribution in [0.2, 0.25) is 0 Å². The van der Waals surface area contributed by atoms with Gasteiger partial charge in [-0.1, -0.05) is 6.08 Å². The molecule has 0 aromatic heterocycles. The molecule has 6 heteroatoms. The molecule has 0 radical (unpaired) electrons. The zero-order valence-corrected chi connectivity index (χ0v) is 11.1. The second-order valence-corrected chi connectivity index (χ2v) is 4.96. The van der Waals surface area contributed by atoms with E-state index in [9.17, 15) is 9.36 Å². The number of hydrogen-bond acceptors (Lipinski definition) is 5. The van der Waals surface area contributed by atoms with Gasteiger partial charge < -0.3 is 13.8 Å². The monoisotopic (exact) mass is 250 g/mol. The molecule has 5 nitrogen and oxygen atoms in total. The van der Waals surface area contributed by atoms with Gasteiger partial charge in [0, 0.05) is 5.57 Å². The minimum Gasteiger partial charge on any atom is -0.466 e. The van der Waals surface area contributed by atoms with E-state index in [1.165, 1.54) is 7.11 Å². The number of hydrogen-bond donors (Lipinski definition) is 0. The Morgan fingerprint density at radius 1 is 1.25 bits per heavy atom. The molecule has 94 valence electrons. The first-order valence-corrected chi connectivity index (χ1v) is 6.87. The largest absolute Gasteiger partial charge is 0.466 e. The smallest absolute Gasteiger partial charge is 0.335 e. The molecule has 0 aliphatic rings. The van der Waals surface area contributed by atoms with Crippen LogP contribution in [0, 0.1) is 0 Å². The van der Waals surface area contributed by atoms with E-state index in [-0.39, 0.29) is 19.4 Å². The average molecular weight is 250 g/mol. The highest BCUT2D eigenvalue weighted by atomic mass is 31.2. The molecule has 0 spiro atoms. The average Bonchev–Trinajstić information content (AvgIpc) is 2.25. The van der Waals surface area contributed by atoms with Crippen LogP contribution in [-0.4, -0.2) is 32.5 Å². The van der Waals surface area contributed by atoms with Crippen molar-refractivity contribution in [2.24, 2.45) is 0 Å². The summed E-state index contributed by atoms with van der Waals surface area (Å²) >= 11 is 0. The second kappa shape index (κ2) is 7.60. The van der Waals surface area contributed by atoms with Gasteiger partial charge in [0.25, 0.3) is 0 Å². The van der Waals surface area contributed by atoms with Gasteiger partial charge in [-0.25, -0.2) is 4.79 Å². The van der Waals surface area contributed by atoms with E-state index < -0.39 is 13.6 Å². The van der Waals surface area contributed by atoms with E-state index in [2.05, 4.69) is 4.74 Å². The molecule has 0 aromatic rings. The highest BCUT2D eigenvalue weighted by Crippen LogP contribution is 2.49. The third-order valence-electron chi connectivity index (χ3n) is 1.81. The molecule has 0 aromatic carbocycles. The van der Waals surface area contributed by atoms with Crippen LogP contribution < -0.4 is 0 Å². The molecular formula is C10H19O5P. The minimum absolute atomic E-state index is 0.0577. The molecule has 0 atom stereocenters. The van der Waals surface area contributed by atoms with Gasteiger partial charge in [0.15, 0.2) is 0 Å². The first-order valence-electron chi connectivity index (χ1n) is 5.14. The Morgan fingerprint density at radius 3 is 2.06 bits per heavy atom. The molecule has 0 heterocycles. The van der Waals surface area contributed by atoms with Gasteiger partial charge in [0.1, 0.15) is 0 Å². The number of allylic oxidation sites excluding steroid dienone is 1. The third kappa shape index (κ3) is 4.92. The lowest BCUT2D eigenvalue weighted by Crippen LogP contribution is -2.11. The van der Waals surface area contributed by atoms with Crippen molar-refractivity contribution in [3.8, 4) is 0 Å². The quantitative estimate of drug-likeness (QED) is 0.394. The molecule has 0 aliphatic carbocycles. The van der Waals surface area contributed by atoms with Gasteiger partial charge in [-0.15, -0.1) is 0 Å². The third-order valence-corrected chi connectivity index (χ3v) is 3.84. The number of esters is 1. The van der Waals surface area contributed by atoms with Crippen molar-refractivity contribution in [2.75, 3.05) is 26.5 Å². The van der Waals surface area contributed by atoms with Crippen molar-refractivity contribution in [2.45, 2.75) is 20.8 Å². The van der Waals surface area contributed by atoms with Crippen LogP contribution in [-0.2, 0) is 23.1 Å². The Morgan fingerprint density at radius 2 is 1.75 bits per heavy atom. The first kappa shape index (κ1) is 15.4. The van der Waals surface area contributed by atoms with Crippen molar-refractivity contribution >= 4 is 13.6 Å².